The minimum absolute atomic E-state index is 0.481. The van der Waals surface area contributed by atoms with Crippen molar-refractivity contribution >= 4 is 0 Å². The monoisotopic (exact) mass is 260 g/mol. The maximum absolute atomic E-state index is 4.06. The number of nitrogens with zero attached hydrogens (tertiary/aromatic N) is 3. The van der Waals surface area contributed by atoms with E-state index in [0.29, 0.717) is 6.04 Å². The highest BCUT2D eigenvalue weighted by Crippen LogP contribution is 2.17. The van der Waals surface area contributed by atoms with Crippen LogP contribution in [-0.4, -0.2) is 20.7 Å². The predicted molar refractivity (Wildman–Crippen MR) is 78.0 cm³/mol. The van der Waals surface area contributed by atoms with Gasteiger partial charge in [0.15, 0.2) is 0 Å². The number of hydrogen-bond donors (Lipinski definition) is 1. The van der Waals surface area contributed by atoms with Crippen LogP contribution in [0, 0.1) is 0 Å². The zero-order chi connectivity index (χ0) is 13.5. The van der Waals surface area contributed by atoms with Crippen molar-refractivity contribution in [1.29, 1.82) is 0 Å². The van der Waals surface area contributed by atoms with Gasteiger partial charge in [-0.2, -0.15) is 0 Å². The Morgan fingerprint density at radius 2 is 2.05 bits per heavy atom. The number of hydrogen-bond acceptors (Lipinski definition) is 2. The molecule has 104 valence electrons. The number of nitrogens with one attached hydrogen (secondary N) is 1. The van der Waals surface area contributed by atoms with Crippen LogP contribution in [0.1, 0.15) is 38.3 Å². The number of aryl methyl sites for hydroxylation is 2. The summed E-state index contributed by atoms with van der Waals surface area (Å²) in [6, 6.07) is 2.71. The Bertz CT molecular complexity index is 458. The maximum Gasteiger partial charge on any atom is 0.0946 e. The van der Waals surface area contributed by atoms with Crippen LogP contribution < -0.4 is 5.32 Å². The Kier molecular flexibility index (Phi) is 5.21. The van der Waals surface area contributed by atoms with Crippen LogP contribution in [0.2, 0.25) is 0 Å². The lowest BCUT2D eigenvalue weighted by molar-refractivity contribution is 0.515. The molecule has 0 aliphatic heterocycles. The molecule has 0 saturated carbocycles. The minimum Gasteiger partial charge on any atom is -0.352 e. The first-order chi connectivity index (χ1) is 9.33. The maximum atomic E-state index is 4.06. The fraction of sp³-hybridized carbons (Fsp3) is 0.533. The molecule has 0 amide bonds. The first kappa shape index (κ1) is 13.9. The van der Waals surface area contributed by atoms with Crippen molar-refractivity contribution < 1.29 is 0 Å². The van der Waals surface area contributed by atoms with E-state index in [2.05, 4.69) is 51.7 Å². The van der Waals surface area contributed by atoms with Crippen molar-refractivity contribution in [2.75, 3.05) is 6.54 Å². The van der Waals surface area contributed by atoms with Crippen molar-refractivity contribution in [1.82, 2.24) is 19.4 Å². The van der Waals surface area contributed by atoms with Crippen molar-refractivity contribution in [3.05, 3.63) is 42.7 Å². The number of aromatic nitrogens is 3. The predicted octanol–water partition coefficient (Wildman–Crippen LogP) is 2.84. The van der Waals surface area contributed by atoms with Gasteiger partial charge in [-0.1, -0.05) is 13.8 Å². The summed E-state index contributed by atoms with van der Waals surface area (Å²) in [5, 5.41) is 3.59. The first-order valence-corrected chi connectivity index (χ1v) is 7.18. The third kappa shape index (κ3) is 3.96. The molecule has 1 N–H and O–H groups in total. The summed E-state index contributed by atoms with van der Waals surface area (Å²) < 4.78 is 4.36. The second kappa shape index (κ2) is 7.14. The van der Waals surface area contributed by atoms with E-state index in [1.807, 2.05) is 18.7 Å². The molecule has 2 aromatic heterocycles. The van der Waals surface area contributed by atoms with E-state index < -0.39 is 0 Å². The molecular weight excluding hydrogens is 236 g/mol. The van der Waals surface area contributed by atoms with Crippen LogP contribution in [0.15, 0.2) is 37.2 Å². The second-order valence-electron chi connectivity index (χ2n) is 4.90. The molecule has 0 aromatic carbocycles. The largest absolute Gasteiger partial charge is 0.352 e. The quantitative estimate of drug-likeness (QED) is 0.792. The Balaban J connectivity index is 1.90. The molecule has 19 heavy (non-hydrogen) atoms. The van der Waals surface area contributed by atoms with Gasteiger partial charge in [0.1, 0.15) is 0 Å². The molecule has 0 bridgehead atoms. The van der Waals surface area contributed by atoms with Gasteiger partial charge in [-0.3, -0.25) is 0 Å². The smallest absolute Gasteiger partial charge is 0.0946 e. The standard InChI is InChI=1S/C15H24N4/c1-3-6-17-15(4-2)14-5-8-18(12-14)10-11-19-9-7-16-13-19/h5,7-9,12-13,15,17H,3-4,6,10-11H2,1-2H3. The Hall–Kier alpha value is -1.55. The average molecular weight is 260 g/mol. The summed E-state index contributed by atoms with van der Waals surface area (Å²) in [6.45, 7) is 7.47. The van der Waals surface area contributed by atoms with Crippen molar-refractivity contribution in [3.63, 3.8) is 0 Å². The van der Waals surface area contributed by atoms with Gasteiger partial charge in [-0.25, -0.2) is 4.98 Å². The van der Waals surface area contributed by atoms with Crippen LogP contribution in [0.3, 0.4) is 0 Å². The van der Waals surface area contributed by atoms with Gasteiger partial charge < -0.3 is 14.5 Å². The molecule has 0 aliphatic carbocycles. The normalized spacial score (nSPS) is 12.7. The van der Waals surface area contributed by atoms with Crippen LogP contribution in [-0.2, 0) is 13.1 Å². The van der Waals surface area contributed by atoms with Gasteiger partial charge in [0.05, 0.1) is 6.33 Å². The van der Waals surface area contributed by atoms with Crippen LogP contribution in [0.4, 0.5) is 0 Å². The number of rotatable bonds is 8. The van der Waals surface area contributed by atoms with Gasteiger partial charge in [0, 0.05) is 43.9 Å². The molecular formula is C15H24N4. The summed E-state index contributed by atoms with van der Waals surface area (Å²) in [4.78, 5) is 4.06. The zero-order valence-electron chi connectivity index (χ0n) is 11.9. The highest BCUT2D eigenvalue weighted by molar-refractivity contribution is 5.15. The molecule has 0 spiro atoms. The lowest BCUT2D eigenvalue weighted by Crippen LogP contribution is -2.21. The molecule has 4 nitrogen and oxygen atoms in total. The molecule has 2 heterocycles. The Labute approximate surface area is 115 Å². The van der Waals surface area contributed by atoms with Crippen LogP contribution >= 0.6 is 0 Å². The SMILES string of the molecule is CCCNC(CC)c1ccn(CCn2ccnc2)c1. The Morgan fingerprint density at radius 1 is 1.21 bits per heavy atom. The van der Waals surface area contributed by atoms with Crippen molar-refractivity contribution in [2.24, 2.45) is 0 Å². The molecule has 0 saturated heterocycles. The summed E-state index contributed by atoms with van der Waals surface area (Å²) in [6.07, 6.45) is 12.4. The minimum atomic E-state index is 0.481. The van der Waals surface area contributed by atoms with Gasteiger partial charge in [0.2, 0.25) is 0 Å². The van der Waals surface area contributed by atoms with E-state index in [1.165, 1.54) is 12.0 Å². The van der Waals surface area contributed by atoms with Crippen LogP contribution in [0.25, 0.3) is 0 Å². The highest BCUT2D eigenvalue weighted by Gasteiger charge is 2.09. The van der Waals surface area contributed by atoms with Crippen molar-refractivity contribution in [2.45, 2.75) is 45.8 Å². The first-order valence-electron chi connectivity index (χ1n) is 7.18. The van der Waals surface area contributed by atoms with E-state index in [1.54, 1.807) is 0 Å². The second-order valence-corrected chi connectivity index (χ2v) is 4.90. The van der Waals surface area contributed by atoms with E-state index in [4.69, 9.17) is 0 Å². The lowest BCUT2D eigenvalue weighted by atomic mass is 10.1. The van der Waals surface area contributed by atoms with E-state index in [-0.39, 0.29) is 0 Å². The van der Waals surface area contributed by atoms with Gasteiger partial charge in [-0.15, -0.1) is 0 Å². The van der Waals surface area contributed by atoms with E-state index in [9.17, 15) is 0 Å². The topological polar surface area (TPSA) is 34.8 Å². The summed E-state index contributed by atoms with van der Waals surface area (Å²) >= 11 is 0. The van der Waals surface area contributed by atoms with Crippen molar-refractivity contribution in [3.8, 4) is 0 Å². The molecule has 2 rings (SSSR count). The van der Waals surface area contributed by atoms with E-state index >= 15 is 0 Å². The van der Waals surface area contributed by atoms with Gasteiger partial charge in [-0.05, 0) is 31.0 Å². The molecule has 2 aromatic rings. The molecule has 0 aliphatic rings. The fourth-order valence-electron chi connectivity index (χ4n) is 2.27. The Morgan fingerprint density at radius 3 is 2.74 bits per heavy atom. The van der Waals surface area contributed by atoms with Gasteiger partial charge in [0.25, 0.3) is 0 Å². The molecule has 1 atom stereocenters. The lowest BCUT2D eigenvalue weighted by Gasteiger charge is -2.15. The van der Waals surface area contributed by atoms with Crippen LogP contribution in [0.5, 0.6) is 0 Å². The zero-order valence-corrected chi connectivity index (χ0v) is 11.9. The van der Waals surface area contributed by atoms with Gasteiger partial charge >= 0.3 is 0 Å². The molecule has 0 radical (unpaired) electrons. The highest BCUT2D eigenvalue weighted by atomic mass is 15.1. The third-order valence-electron chi connectivity index (χ3n) is 3.40. The average Bonchev–Trinajstić information content (AvgIpc) is 3.09. The summed E-state index contributed by atoms with van der Waals surface area (Å²) in [5.74, 6) is 0. The molecule has 4 heteroatoms. The molecule has 0 fully saturated rings. The van der Waals surface area contributed by atoms with E-state index in [0.717, 1.165) is 26.1 Å². The number of imidazole rings is 1. The summed E-state index contributed by atoms with van der Waals surface area (Å²) in [5.41, 5.74) is 1.39. The third-order valence-corrected chi connectivity index (χ3v) is 3.40. The fourth-order valence-corrected chi connectivity index (χ4v) is 2.27. The summed E-state index contributed by atoms with van der Waals surface area (Å²) in [7, 11) is 0. The molecule has 1 unspecified atom stereocenters.